The molecule has 0 N–H and O–H groups in total. The third-order valence-electron chi connectivity index (χ3n) is 3.79. The number of benzene rings is 2. The lowest BCUT2D eigenvalue weighted by molar-refractivity contribution is -0.117. The van der Waals surface area contributed by atoms with E-state index in [1.165, 1.54) is 0 Å². The van der Waals surface area contributed by atoms with Gasteiger partial charge in [-0.3, -0.25) is 9.00 Å². The predicted octanol–water partition coefficient (Wildman–Crippen LogP) is 3.39. The fourth-order valence-corrected chi connectivity index (χ4v) is 3.54. The van der Waals surface area contributed by atoms with E-state index in [9.17, 15) is 9.00 Å². The molecule has 2 rings (SSSR count). The summed E-state index contributed by atoms with van der Waals surface area (Å²) in [7, 11) is 0.383. The van der Waals surface area contributed by atoms with Crippen molar-refractivity contribution >= 4 is 22.4 Å². The topological polar surface area (TPSA) is 46.6 Å². The van der Waals surface area contributed by atoms with Crippen molar-refractivity contribution in [2.24, 2.45) is 0 Å². The van der Waals surface area contributed by atoms with Gasteiger partial charge in [0.2, 0.25) is 5.91 Å². The van der Waals surface area contributed by atoms with Gasteiger partial charge in [0.1, 0.15) is 11.0 Å². The van der Waals surface area contributed by atoms with Crippen molar-refractivity contribution < 1.29 is 13.7 Å². The lowest BCUT2D eigenvalue weighted by Gasteiger charge is -2.21. The maximum absolute atomic E-state index is 12.7. The summed E-state index contributed by atoms with van der Waals surface area (Å²) in [6.07, 6.45) is 0. The van der Waals surface area contributed by atoms with Crippen LogP contribution in [0.5, 0.6) is 5.75 Å². The summed E-state index contributed by atoms with van der Waals surface area (Å²) in [6.45, 7) is 4.17. The van der Waals surface area contributed by atoms with E-state index in [-0.39, 0.29) is 5.91 Å². The van der Waals surface area contributed by atoms with Gasteiger partial charge < -0.3 is 9.64 Å². The van der Waals surface area contributed by atoms with Crippen LogP contribution >= 0.6 is 0 Å². The Hall–Kier alpha value is -2.14. The van der Waals surface area contributed by atoms with Crippen LogP contribution < -0.4 is 9.64 Å². The van der Waals surface area contributed by atoms with E-state index in [1.54, 1.807) is 18.9 Å². The highest BCUT2D eigenvalue weighted by molar-refractivity contribution is 7.85. The second-order valence-corrected chi connectivity index (χ2v) is 7.20. The van der Waals surface area contributed by atoms with Crippen molar-refractivity contribution in [3.05, 3.63) is 60.2 Å². The van der Waals surface area contributed by atoms with Gasteiger partial charge in [-0.05, 0) is 32.0 Å². The van der Waals surface area contributed by atoms with Crippen molar-refractivity contribution in [1.29, 1.82) is 0 Å². The molecule has 0 heterocycles. The van der Waals surface area contributed by atoms with Gasteiger partial charge in [-0.25, -0.2) is 0 Å². The summed E-state index contributed by atoms with van der Waals surface area (Å²) in [4.78, 5) is 14.1. The molecule has 1 amide bonds. The molecule has 4 nitrogen and oxygen atoms in total. The zero-order valence-corrected chi connectivity index (χ0v) is 15.1. The molecule has 0 aliphatic carbocycles. The lowest BCUT2D eigenvalue weighted by Crippen LogP contribution is -2.37. The molecule has 0 saturated heterocycles. The number of carbonyl (C=O) groups excluding carboxylic acids is 1. The normalized spacial score (nSPS) is 13.1. The summed E-state index contributed by atoms with van der Waals surface area (Å²) in [5, 5.41) is -0.593. The first-order chi connectivity index (χ1) is 11.5. The summed E-state index contributed by atoms with van der Waals surface area (Å²) in [5.41, 5.74) is 1.65. The quantitative estimate of drug-likeness (QED) is 0.773. The van der Waals surface area contributed by atoms with Gasteiger partial charge in [0, 0.05) is 29.1 Å². The van der Waals surface area contributed by atoms with E-state index in [0.717, 1.165) is 17.0 Å². The zero-order chi connectivity index (χ0) is 17.5. The van der Waals surface area contributed by atoms with Crippen molar-refractivity contribution in [1.82, 2.24) is 0 Å². The minimum atomic E-state index is -1.33. The van der Waals surface area contributed by atoms with Crippen LogP contribution in [0.3, 0.4) is 0 Å². The number of carbonyl (C=O) groups is 1. The number of hydrogen-bond acceptors (Lipinski definition) is 3. The molecule has 0 fully saturated rings. The number of ether oxygens (including phenoxy) is 1. The summed E-state index contributed by atoms with van der Waals surface area (Å²) >= 11 is 0. The monoisotopic (exact) mass is 345 g/mol. The maximum atomic E-state index is 12.7. The largest absolute Gasteiger partial charge is 0.494 e. The van der Waals surface area contributed by atoms with Crippen molar-refractivity contribution in [2.45, 2.75) is 24.9 Å². The van der Waals surface area contributed by atoms with Crippen LogP contribution in [0, 0.1) is 0 Å². The molecule has 0 bridgehead atoms. The summed E-state index contributed by atoms with van der Waals surface area (Å²) in [6, 6.07) is 16.9. The molecule has 0 spiro atoms. The van der Waals surface area contributed by atoms with Gasteiger partial charge in [0.15, 0.2) is 0 Å². The number of amides is 1. The molecule has 0 aliphatic rings. The van der Waals surface area contributed by atoms with Gasteiger partial charge in [-0.2, -0.15) is 0 Å². The van der Waals surface area contributed by atoms with Crippen LogP contribution in [-0.4, -0.2) is 29.0 Å². The van der Waals surface area contributed by atoms with Crippen molar-refractivity contribution in [3.8, 4) is 5.75 Å². The van der Waals surface area contributed by atoms with Crippen LogP contribution in [0.15, 0.2) is 54.6 Å². The van der Waals surface area contributed by atoms with Gasteiger partial charge in [-0.15, -0.1) is 0 Å². The van der Waals surface area contributed by atoms with E-state index < -0.39 is 16.0 Å². The highest BCUT2D eigenvalue weighted by atomic mass is 32.2. The Labute approximate surface area is 145 Å². The second kappa shape index (κ2) is 8.64. The van der Waals surface area contributed by atoms with Gasteiger partial charge in [0.25, 0.3) is 0 Å². The van der Waals surface area contributed by atoms with Crippen LogP contribution in [0.25, 0.3) is 0 Å². The minimum Gasteiger partial charge on any atom is -0.494 e. The molecular formula is C19H23NO3S. The minimum absolute atomic E-state index is 0.159. The van der Waals surface area contributed by atoms with E-state index in [4.69, 9.17) is 4.74 Å². The molecule has 2 atom stereocenters. The van der Waals surface area contributed by atoms with E-state index >= 15 is 0 Å². The van der Waals surface area contributed by atoms with Gasteiger partial charge in [-0.1, -0.05) is 36.4 Å². The molecule has 128 valence electrons. The Morgan fingerprint density at radius 1 is 1.12 bits per heavy atom. The van der Waals surface area contributed by atoms with Crippen LogP contribution in [-0.2, 0) is 21.3 Å². The molecule has 0 unspecified atom stereocenters. The number of para-hydroxylation sites is 2. The second-order valence-electron chi connectivity index (χ2n) is 5.44. The highest BCUT2D eigenvalue weighted by Gasteiger charge is 2.25. The van der Waals surface area contributed by atoms with Gasteiger partial charge >= 0.3 is 0 Å². The maximum Gasteiger partial charge on any atom is 0.242 e. The first-order valence-corrected chi connectivity index (χ1v) is 9.33. The molecule has 0 aromatic heterocycles. The molecule has 2 aromatic rings. The van der Waals surface area contributed by atoms with Crippen molar-refractivity contribution in [3.63, 3.8) is 0 Å². The molecule has 24 heavy (non-hydrogen) atoms. The Kier molecular flexibility index (Phi) is 6.55. The Balaban J connectivity index is 2.08. The van der Waals surface area contributed by atoms with Crippen LogP contribution in [0.4, 0.5) is 5.69 Å². The Bertz CT molecular complexity index is 703. The molecule has 0 radical (unpaired) electrons. The third kappa shape index (κ3) is 4.45. The fourth-order valence-electron chi connectivity index (χ4n) is 2.36. The van der Waals surface area contributed by atoms with Crippen LogP contribution in [0.2, 0.25) is 0 Å². The Morgan fingerprint density at radius 2 is 1.75 bits per heavy atom. The summed E-state index contributed by atoms with van der Waals surface area (Å²) in [5.74, 6) is 0.865. The van der Waals surface area contributed by atoms with E-state index in [0.29, 0.717) is 12.4 Å². The van der Waals surface area contributed by atoms with Crippen molar-refractivity contribution in [2.75, 3.05) is 18.6 Å². The SMILES string of the molecule is CCOc1ccccc1C[S@](=O)[C@H](C)C(=O)N(C)c1ccccc1. The standard InChI is InChI=1S/C19H23NO3S/c1-4-23-18-13-9-8-10-16(18)14-24(22)15(2)19(21)20(3)17-11-6-5-7-12-17/h5-13,15H,4,14H2,1-3H3/t15-,24+/m1/s1. The number of hydrogen-bond donors (Lipinski definition) is 0. The van der Waals surface area contributed by atoms with Crippen LogP contribution in [0.1, 0.15) is 19.4 Å². The number of anilines is 1. The van der Waals surface area contributed by atoms with E-state index in [1.807, 2.05) is 61.5 Å². The lowest BCUT2D eigenvalue weighted by atomic mass is 10.2. The number of rotatable bonds is 7. The average molecular weight is 345 g/mol. The zero-order valence-electron chi connectivity index (χ0n) is 14.3. The van der Waals surface area contributed by atoms with E-state index in [2.05, 4.69) is 0 Å². The molecule has 0 saturated carbocycles. The first-order valence-electron chi connectivity index (χ1n) is 7.95. The average Bonchev–Trinajstić information content (AvgIpc) is 2.62. The predicted molar refractivity (Wildman–Crippen MR) is 98.8 cm³/mol. The highest BCUT2D eigenvalue weighted by Crippen LogP contribution is 2.22. The summed E-state index contributed by atoms with van der Waals surface area (Å²) < 4.78 is 18.2. The molecule has 0 aliphatic heterocycles. The third-order valence-corrected chi connectivity index (χ3v) is 5.37. The Morgan fingerprint density at radius 3 is 2.42 bits per heavy atom. The molecule has 5 heteroatoms. The molecular weight excluding hydrogens is 322 g/mol. The first kappa shape index (κ1) is 18.2. The smallest absolute Gasteiger partial charge is 0.242 e. The molecule has 2 aromatic carbocycles. The fraction of sp³-hybridized carbons (Fsp3) is 0.316. The number of nitrogens with zero attached hydrogens (tertiary/aromatic N) is 1. The van der Waals surface area contributed by atoms with Gasteiger partial charge in [0.05, 0.1) is 12.4 Å².